The maximum Gasteiger partial charge on any atom is 0.323 e. The maximum atomic E-state index is 13.1. The van der Waals surface area contributed by atoms with Gasteiger partial charge in [-0.3, -0.25) is 4.79 Å². The summed E-state index contributed by atoms with van der Waals surface area (Å²) < 4.78 is 24.2. The van der Waals surface area contributed by atoms with E-state index in [1.54, 1.807) is 42.5 Å². The molecule has 38 heavy (non-hydrogen) atoms. The van der Waals surface area contributed by atoms with E-state index >= 15 is 0 Å². The molecule has 8 nitrogen and oxygen atoms in total. The first-order valence-electron chi connectivity index (χ1n) is 12.8. The molecular weight excluding hydrogens is 487 g/mol. The first-order valence-corrected chi connectivity index (χ1v) is 12.8. The fraction of sp³-hybridized carbons (Fsp3) is 0.310. The summed E-state index contributed by atoms with van der Waals surface area (Å²) >= 11 is 0. The summed E-state index contributed by atoms with van der Waals surface area (Å²) in [5, 5.41) is 8.45. The van der Waals surface area contributed by atoms with E-state index in [2.05, 4.69) is 20.9 Å². The number of ether oxygens (including phenoxy) is 2. The lowest BCUT2D eigenvalue weighted by Crippen LogP contribution is -2.33. The Kier molecular flexibility index (Phi) is 9.53. The Morgan fingerprint density at radius 1 is 0.895 bits per heavy atom. The zero-order valence-corrected chi connectivity index (χ0v) is 21.5. The van der Waals surface area contributed by atoms with E-state index in [4.69, 9.17) is 9.47 Å². The van der Waals surface area contributed by atoms with Crippen molar-refractivity contribution < 1.29 is 23.5 Å². The van der Waals surface area contributed by atoms with Crippen molar-refractivity contribution in [3.05, 3.63) is 78.1 Å². The van der Waals surface area contributed by atoms with Gasteiger partial charge in [0, 0.05) is 30.1 Å². The molecule has 9 heteroatoms. The van der Waals surface area contributed by atoms with Crippen LogP contribution in [0.25, 0.3) is 0 Å². The van der Waals surface area contributed by atoms with Crippen LogP contribution < -0.4 is 25.4 Å². The molecule has 1 aliphatic rings. The molecule has 3 aromatic rings. The lowest BCUT2D eigenvalue weighted by atomic mass is 10.1. The highest BCUT2D eigenvalue weighted by atomic mass is 19.1. The summed E-state index contributed by atoms with van der Waals surface area (Å²) in [5.74, 6) is 0.770. The summed E-state index contributed by atoms with van der Waals surface area (Å²) in [6, 6.07) is 16.9. The molecule has 0 atom stereocenters. The van der Waals surface area contributed by atoms with Gasteiger partial charge >= 0.3 is 6.03 Å². The minimum Gasteiger partial charge on any atom is -0.496 e. The topological polar surface area (TPSA) is 91.9 Å². The van der Waals surface area contributed by atoms with Gasteiger partial charge in [0.1, 0.15) is 23.1 Å². The number of hydrogen-bond acceptors (Lipinski definition) is 5. The second-order valence-electron chi connectivity index (χ2n) is 9.09. The molecular formula is C29H33FN4O4. The van der Waals surface area contributed by atoms with Gasteiger partial charge in [-0.25, -0.2) is 9.18 Å². The second kappa shape index (κ2) is 13.4. The SMILES string of the molecule is COc1cc(NC(=O)Nc2cccc(Oc3ccc(F)cc3)c2)ccc1C(=O)NCCCN1CCCCC1. The normalized spacial score (nSPS) is 13.4. The van der Waals surface area contributed by atoms with Crippen LogP contribution in [0.1, 0.15) is 36.0 Å². The van der Waals surface area contributed by atoms with Gasteiger partial charge in [0.2, 0.25) is 0 Å². The van der Waals surface area contributed by atoms with Gasteiger partial charge in [-0.15, -0.1) is 0 Å². The fourth-order valence-corrected chi connectivity index (χ4v) is 4.31. The van der Waals surface area contributed by atoms with Gasteiger partial charge in [0.15, 0.2) is 0 Å². The number of methoxy groups -OCH3 is 1. The molecule has 0 aromatic heterocycles. The monoisotopic (exact) mass is 520 g/mol. The van der Waals surface area contributed by atoms with Crippen LogP contribution >= 0.6 is 0 Å². The predicted octanol–water partition coefficient (Wildman–Crippen LogP) is 5.88. The molecule has 200 valence electrons. The fourth-order valence-electron chi connectivity index (χ4n) is 4.31. The van der Waals surface area contributed by atoms with Crippen LogP contribution in [0.5, 0.6) is 17.2 Å². The highest BCUT2D eigenvalue weighted by Gasteiger charge is 2.15. The Bertz CT molecular complexity index is 1230. The molecule has 1 saturated heterocycles. The molecule has 3 N–H and O–H groups in total. The molecule has 0 bridgehead atoms. The number of benzene rings is 3. The van der Waals surface area contributed by atoms with Gasteiger partial charge in [0.05, 0.1) is 12.7 Å². The summed E-state index contributed by atoms with van der Waals surface area (Å²) in [7, 11) is 1.49. The molecule has 0 radical (unpaired) electrons. The number of carbonyl (C=O) groups excluding carboxylic acids is 2. The molecule has 4 rings (SSSR count). The number of urea groups is 1. The van der Waals surface area contributed by atoms with Crippen molar-refractivity contribution in [2.45, 2.75) is 25.7 Å². The zero-order chi connectivity index (χ0) is 26.7. The molecule has 0 saturated carbocycles. The minimum absolute atomic E-state index is 0.213. The molecule has 3 aromatic carbocycles. The van der Waals surface area contributed by atoms with E-state index < -0.39 is 6.03 Å². The van der Waals surface area contributed by atoms with Gasteiger partial charge in [-0.05, 0) is 87.4 Å². The lowest BCUT2D eigenvalue weighted by molar-refractivity contribution is 0.0948. The zero-order valence-electron chi connectivity index (χ0n) is 21.5. The van der Waals surface area contributed by atoms with Crippen LogP contribution in [-0.2, 0) is 0 Å². The molecule has 3 amide bonds. The van der Waals surface area contributed by atoms with Crippen molar-refractivity contribution in [2.24, 2.45) is 0 Å². The number of rotatable bonds is 10. The number of piperidine rings is 1. The Hall–Kier alpha value is -4.11. The standard InChI is InChI=1S/C29H33FN4O4/c1-37-27-20-23(11-14-26(27)28(35)31-15-6-18-34-16-3-2-4-17-34)33-29(36)32-22-7-5-8-25(19-22)38-24-12-9-21(30)10-13-24/h5,7-14,19-20H,2-4,6,15-18H2,1H3,(H,31,35)(H2,32,33,36). The minimum atomic E-state index is -0.471. The summed E-state index contributed by atoms with van der Waals surface area (Å²) in [4.78, 5) is 27.7. The third kappa shape index (κ3) is 7.94. The Balaban J connectivity index is 1.28. The third-order valence-corrected chi connectivity index (χ3v) is 6.23. The highest BCUT2D eigenvalue weighted by molar-refractivity contribution is 6.01. The van der Waals surface area contributed by atoms with Crippen LogP contribution in [0, 0.1) is 5.82 Å². The number of halogens is 1. The predicted molar refractivity (Wildman–Crippen MR) is 146 cm³/mol. The van der Waals surface area contributed by atoms with Crippen molar-refractivity contribution >= 4 is 23.3 Å². The molecule has 0 unspecified atom stereocenters. The number of carbonyl (C=O) groups is 2. The van der Waals surface area contributed by atoms with Crippen molar-refractivity contribution in [1.29, 1.82) is 0 Å². The quantitative estimate of drug-likeness (QED) is 0.291. The van der Waals surface area contributed by atoms with Crippen LogP contribution in [0.3, 0.4) is 0 Å². The van der Waals surface area contributed by atoms with E-state index in [1.807, 2.05) is 0 Å². The van der Waals surface area contributed by atoms with E-state index in [0.29, 0.717) is 40.7 Å². The van der Waals surface area contributed by atoms with E-state index in [0.717, 1.165) is 26.1 Å². The van der Waals surface area contributed by atoms with Gasteiger partial charge in [-0.2, -0.15) is 0 Å². The number of amides is 3. The molecule has 1 fully saturated rings. The van der Waals surface area contributed by atoms with Crippen LogP contribution in [-0.4, -0.2) is 50.1 Å². The largest absolute Gasteiger partial charge is 0.496 e. The van der Waals surface area contributed by atoms with E-state index in [9.17, 15) is 14.0 Å². The van der Waals surface area contributed by atoms with Crippen molar-refractivity contribution in [1.82, 2.24) is 10.2 Å². The Morgan fingerprint density at radius 3 is 2.37 bits per heavy atom. The average Bonchev–Trinajstić information content (AvgIpc) is 2.93. The highest BCUT2D eigenvalue weighted by Crippen LogP contribution is 2.26. The molecule has 0 aliphatic carbocycles. The summed E-state index contributed by atoms with van der Waals surface area (Å²) in [6.45, 7) is 3.85. The number of likely N-dealkylation sites (tertiary alicyclic amines) is 1. The van der Waals surface area contributed by atoms with Crippen molar-refractivity contribution in [3.8, 4) is 17.2 Å². The second-order valence-corrected chi connectivity index (χ2v) is 9.09. The molecule has 1 aliphatic heterocycles. The number of nitrogens with zero attached hydrogens (tertiary/aromatic N) is 1. The van der Waals surface area contributed by atoms with E-state index in [1.165, 1.54) is 50.6 Å². The van der Waals surface area contributed by atoms with Gasteiger partial charge < -0.3 is 30.3 Å². The van der Waals surface area contributed by atoms with Gasteiger partial charge in [0.25, 0.3) is 5.91 Å². The average molecular weight is 521 g/mol. The van der Waals surface area contributed by atoms with E-state index in [-0.39, 0.29) is 11.7 Å². The maximum absolute atomic E-state index is 13.1. The molecule has 0 spiro atoms. The van der Waals surface area contributed by atoms with Gasteiger partial charge in [-0.1, -0.05) is 12.5 Å². The Morgan fingerprint density at radius 2 is 1.63 bits per heavy atom. The first-order chi connectivity index (χ1) is 18.5. The van der Waals surface area contributed by atoms with Crippen LogP contribution in [0.2, 0.25) is 0 Å². The number of nitrogens with one attached hydrogen (secondary N) is 3. The first kappa shape index (κ1) is 26.9. The lowest BCUT2D eigenvalue weighted by Gasteiger charge is -2.26. The Labute approximate surface area is 222 Å². The molecule has 1 heterocycles. The number of anilines is 2. The van der Waals surface area contributed by atoms with Crippen molar-refractivity contribution in [2.75, 3.05) is 43.9 Å². The third-order valence-electron chi connectivity index (χ3n) is 6.23. The summed E-state index contributed by atoms with van der Waals surface area (Å²) in [6.07, 6.45) is 4.70. The summed E-state index contributed by atoms with van der Waals surface area (Å²) in [5.41, 5.74) is 1.39. The smallest absolute Gasteiger partial charge is 0.323 e. The van der Waals surface area contributed by atoms with Crippen LogP contribution in [0.15, 0.2) is 66.7 Å². The van der Waals surface area contributed by atoms with Crippen LogP contribution in [0.4, 0.5) is 20.6 Å². The van der Waals surface area contributed by atoms with Crippen molar-refractivity contribution in [3.63, 3.8) is 0 Å². The number of hydrogen-bond donors (Lipinski definition) is 3.